The van der Waals surface area contributed by atoms with E-state index in [1.165, 1.54) is 12.8 Å². The van der Waals surface area contributed by atoms with E-state index in [1.54, 1.807) is 16.4 Å². The molecule has 2 unspecified atom stereocenters. The number of nitrogens with two attached hydrogens (primary N) is 1. The second-order valence-electron chi connectivity index (χ2n) is 6.06. The lowest BCUT2D eigenvalue weighted by atomic mass is 9.86. The summed E-state index contributed by atoms with van der Waals surface area (Å²) >= 11 is 0. The highest BCUT2D eigenvalue weighted by Gasteiger charge is 2.42. The van der Waals surface area contributed by atoms with Gasteiger partial charge in [0.1, 0.15) is 4.90 Å². The molecule has 5 heteroatoms. The van der Waals surface area contributed by atoms with Crippen LogP contribution in [0, 0.1) is 12.8 Å². The van der Waals surface area contributed by atoms with Gasteiger partial charge in [-0.3, -0.25) is 0 Å². The topological polar surface area (TPSA) is 63.4 Å². The first-order chi connectivity index (χ1) is 9.50. The summed E-state index contributed by atoms with van der Waals surface area (Å²) in [5.74, 6) is 0.546. The Kier molecular flexibility index (Phi) is 3.50. The Balaban J connectivity index is 1.95. The van der Waals surface area contributed by atoms with Crippen LogP contribution in [-0.2, 0) is 10.0 Å². The minimum atomic E-state index is -3.45. The van der Waals surface area contributed by atoms with Gasteiger partial charge in [-0.1, -0.05) is 18.9 Å². The Morgan fingerprint density at radius 3 is 2.70 bits per heavy atom. The van der Waals surface area contributed by atoms with Crippen molar-refractivity contribution in [1.29, 1.82) is 0 Å². The van der Waals surface area contributed by atoms with E-state index in [4.69, 9.17) is 5.73 Å². The Morgan fingerprint density at radius 1 is 1.20 bits per heavy atom. The third kappa shape index (κ3) is 2.23. The van der Waals surface area contributed by atoms with E-state index in [2.05, 4.69) is 0 Å². The molecule has 2 N–H and O–H groups in total. The van der Waals surface area contributed by atoms with Gasteiger partial charge in [0.15, 0.2) is 0 Å². The lowest BCUT2D eigenvalue weighted by Crippen LogP contribution is -2.39. The molecule has 20 heavy (non-hydrogen) atoms. The largest absolute Gasteiger partial charge is 0.398 e. The number of rotatable bonds is 2. The Hall–Kier alpha value is -1.07. The molecule has 0 radical (unpaired) electrons. The quantitative estimate of drug-likeness (QED) is 0.853. The summed E-state index contributed by atoms with van der Waals surface area (Å²) in [5.41, 5.74) is 7.29. The highest BCUT2D eigenvalue weighted by molar-refractivity contribution is 7.89. The van der Waals surface area contributed by atoms with Crippen LogP contribution in [-0.4, -0.2) is 25.3 Å². The number of hydrogen-bond donors (Lipinski definition) is 1. The lowest BCUT2D eigenvalue weighted by molar-refractivity contribution is 0.260. The average Bonchev–Trinajstić information content (AvgIpc) is 2.82. The van der Waals surface area contributed by atoms with Gasteiger partial charge < -0.3 is 5.73 Å². The predicted octanol–water partition coefficient (Wildman–Crippen LogP) is 2.53. The first kappa shape index (κ1) is 13.9. The van der Waals surface area contributed by atoms with Crippen LogP contribution in [0.4, 0.5) is 5.69 Å². The minimum Gasteiger partial charge on any atom is -0.398 e. The molecule has 1 saturated heterocycles. The standard InChI is InChI=1S/C15H22N2O2S/c1-11-6-7-15(13(16)10-11)20(18,19)17-9-8-12-4-2-3-5-14(12)17/h6-7,10,12,14H,2-5,8-9,16H2,1H3. The van der Waals surface area contributed by atoms with E-state index in [9.17, 15) is 8.42 Å². The first-order valence-electron chi connectivity index (χ1n) is 7.38. The Bertz CT molecular complexity index is 612. The summed E-state index contributed by atoms with van der Waals surface area (Å²) in [6.07, 6.45) is 5.53. The molecule has 1 aromatic rings. The number of nitrogens with zero attached hydrogens (tertiary/aromatic N) is 1. The molecule has 1 aromatic carbocycles. The van der Waals surface area contributed by atoms with Crippen LogP contribution in [0.25, 0.3) is 0 Å². The summed E-state index contributed by atoms with van der Waals surface area (Å²) in [4.78, 5) is 0.273. The monoisotopic (exact) mass is 294 g/mol. The molecule has 1 aliphatic carbocycles. The number of hydrogen-bond acceptors (Lipinski definition) is 3. The van der Waals surface area contributed by atoms with Gasteiger partial charge in [0.25, 0.3) is 0 Å². The van der Waals surface area contributed by atoms with E-state index in [1.807, 2.05) is 13.0 Å². The number of anilines is 1. The van der Waals surface area contributed by atoms with Gasteiger partial charge in [-0.15, -0.1) is 0 Å². The predicted molar refractivity (Wildman–Crippen MR) is 79.8 cm³/mol. The highest BCUT2D eigenvalue weighted by Crippen LogP contribution is 2.39. The first-order valence-corrected chi connectivity index (χ1v) is 8.82. The molecule has 0 amide bonds. The van der Waals surface area contributed by atoms with Crippen LogP contribution in [0.2, 0.25) is 0 Å². The van der Waals surface area contributed by atoms with Crippen molar-refractivity contribution in [3.8, 4) is 0 Å². The molecule has 0 bridgehead atoms. The van der Waals surface area contributed by atoms with Crippen molar-refractivity contribution < 1.29 is 8.42 Å². The average molecular weight is 294 g/mol. The Morgan fingerprint density at radius 2 is 1.95 bits per heavy atom. The van der Waals surface area contributed by atoms with Gasteiger partial charge in [0.05, 0.1) is 5.69 Å². The van der Waals surface area contributed by atoms with Crippen LogP contribution < -0.4 is 5.73 Å². The zero-order chi connectivity index (χ0) is 14.3. The summed E-state index contributed by atoms with van der Waals surface area (Å²) in [5, 5.41) is 0. The van der Waals surface area contributed by atoms with Crippen molar-refractivity contribution in [2.24, 2.45) is 5.92 Å². The molecule has 3 rings (SSSR count). The summed E-state index contributed by atoms with van der Waals surface area (Å²) in [6.45, 7) is 2.56. The molecular weight excluding hydrogens is 272 g/mol. The molecule has 1 heterocycles. The number of fused-ring (bicyclic) bond motifs is 1. The fraction of sp³-hybridized carbons (Fsp3) is 0.600. The molecule has 4 nitrogen and oxygen atoms in total. The molecular formula is C15H22N2O2S. The fourth-order valence-corrected chi connectivity index (χ4v) is 5.52. The maximum absolute atomic E-state index is 12.9. The summed E-state index contributed by atoms with van der Waals surface area (Å²) in [7, 11) is -3.45. The SMILES string of the molecule is Cc1ccc(S(=O)(=O)N2CCC3CCCCC32)c(N)c1. The van der Waals surface area contributed by atoms with Crippen molar-refractivity contribution in [1.82, 2.24) is 4.31 Å². The van der Waals surface area contributed by atoms with Gasteiger partial charge in [0, 0.05) is 12.6 Å². The van der Waals surface area contributed by atoms with Gasteiger partial charge in [0.2, 0.25) is 10.0 Å². The van der Waals surface area contributed by atoms with Crippen LogP contribution in [0.1, 0.15) is 37.7 Å². The summed E-state index contributed by atoms with van der Waals surface area (Å²) < 4.78 is 27.4. The highest BCUT2D eigenvalue weighted by atomic mass is 32.2. The van der Waals surface area contributed by atoms with Gasteiger partial charge >= 0.3 is 0 Å². The smallest absolute Gasteiger partial charge is 0.245 e. The van der Waals surface area contributed by atoms with Crippen molar-refractivity contribution in [3.63, 3.8) is 0 Å². The zero-order valence-corrected chi connectivity index (χ0v) is 12.7. The number of nitrogen functional groups attached to an aromatic ring is 1. The number of aryl methyl sites for hydroxylation is 1. The number of sulfonamides is 1. The molecule has 2 fully saturated rings. The van der Waals surface area contributed by atoms with Crippen LogP contribution in [0.5, 0.6) is 0 Å². The van der Waals surface area contributed by atoms with Crippen molar-refractivity contribution >= 4 is 15.7 Å². The van der Waals surface area contributed by atoms with E-state index in [0.29, 0.717) is 18.2 Å². The second-order valence-corrected chi connectivity index (χ2v) is 7.92. The van der Waals surface area contributed by atoms with E-state index < -0.39 is 10.0 Å². The van der Waals surface area contributed by atoms with Crippen LogP contribution >= 0.6 is 0 Å². The van der Waals surface area contributed by atoms with Crippen LogP contribution in [0.15, 0.2) is 23.1 Å². The number of benzene rings is 1. The van der Waals surface area contributed by atoms with Crippen molar-refractivity contribution in [2.75, 3.05) is 12.3 Å². The van der Waals surface area contributed by atoms with E-state index in [0.717, 1.165) is 24.8 Å². The van der Waals surface area contributed by atoms with Crippen molar-refractivity contribution in [3.05, 3.63) is 23.8 Å². The normalized spacial score (nSPS) is 27.4. The van der Waals surface area contributed by atoms with Crippen LogP contribution in [0.3, 0.4) is 0 Å². The molecule has 0 aromatic heterocycles. The van der Waals surface area contributed by atoms with Gasteiger partial charge in [-0.25, -0.2) is 8.42 Å². The van der Waals surface area contributed by atoms with Gasteiger partial charge in [-0.05, 0) is 49.8 Å². The molecule has 1 aliphatic heterocycles. The third-order valence-corrected chi connectivity index (χ3v) is 6.71. The summed E-state index contributed by atoms with van der Waals surface area (Å²) in [6, 6.07) is 5.39. The maximum Gasteiger partial charge on any atom is 0.245 e. The second kappa shape index (κ2) is 5.04. The lowest BCUT2D eigenvalue weighted by Gasteiger charge is -2.31. The van der Waals surface area contributed by atoms with E-state index >= 15 is 0 Å². The zero-order valence-electron chi connectivity index (χ0n) is 11.9. The fourth-order valence-electron chi connectivity index (χ4n) is 3.69. The minimum absolute atomic E-state index is 0.189. The molecule has 1 saturated carbocycles. The molecule has 2 aliphatic rings. The van der Waals surface area contributed by atoms with E-state index in [-0.39, 0.29) is 10.9 Å². The molecule has 110 valence electrons. The molecule has 0 spiro atoms. The third-order valence-electron chi connectivity index (χ3n) is 4.71. The maximum atomic E-state index is 12.9. The van der Waals surface area contributed by atoms with Crippen molar-refractivity contribution in [2.45, 2.75) is 50.0 Å². The molecule has 2 atom stereocenters. The van der Waals surface area contributed by atoms with Gasteiger partial charge in [-0.2, -0.15) is 4.31 Å². The Labute approximate surface area is 121 Å².